The lowest BCUT2D eigenvalue weighted by atomic mass is 10.2. The molecule has 2 aromatic carbocycles. The Labute approximate surface area is 193 Å². The molecule has 178 valence electrons. The number of piperidine rings is 1. The minimum absolute atomic E-state index is 0.116. The number of amides is 1. The monoisotopic (exact) mass is 476 g/mol. The first-order valence-electron chi connectivity index (χ1n) is 10.6. The fraction of sp³-hybridized carbons (Fsp3) is 0.391. The van der Waals surface area contributed by atoms with Gasteiger partial charge in [0.25, 0.3) is 5.91 Å². The van der Waals surface area contributed by atoms with Gasteiger partial charge in [-0.3, -0.25) is 4.79 Å². The number of esters is 1. The summed E-state index contributed by atoms with van der Waals surface area (Å²) in [6, 6.07) is 9.17. The number of sulfonamides is 1. The van der Waals surface area contributed by atoms with Crippen molar-refractivity contribution in [3.05, 3.63) is 47.5 Å². The van der Waals surface area contributed by atoms with E-state index in [9.17, 15) is 18.0 Å². The average Bonchev–Trinajstić information content (AvgIpc) is 2.83. The molecule has 1 N–H and O–H groups in total. The van der Waals surface area contributed by atoms with Gasteiger partial charge in [0.05, 0.1) is 24.7 Å². The largest absolute Gasteiger partial charge is 0.497 e. The Balaban J connectivity index is 1.67. The van der Waals surface area contributed by atoms with Crippen LogP contribution in [0.25, 0.3) is 0 Å². The molecule has 1 aliphatic heterocycles. The first kappa shape index (κ1) is 24.5. The average molecular weight is 477 g/mol. The summed E-state index contributed by atoms with van der Waals surface area (Å²) in [6.07, 6.45) is 2.68. The van der Waals surface area contributed by atoms with Crippen LogP contribution in [0.15, 0.2) is 41.3 Å². The normalized spacial score (nSPS) is 14.4. The number of nitrogens with one attached hydrogen (secondary N) is 1. The van der Waals surface area contributed by atoms with Crippen molar-refractivity contribution in [1.29, 1.82) is 0 Å². The number of ether oxygens (including phenoxy) is 3. The van der Waals surface area contributed by atoms with E-state index >= 15 is 0 Å². The van der Waals surface area contributed by atoms with E-state index in [0.29, 0.717) is 35.8 Å². The topological polar surface area (TPSA) is 111 Å². The van der Waals surface area contributed by atoms with Crippen LogP contribution in [-0.2, 0) is 19.6 Å². The summed E-state index contributed by atoms with van der Waals surface area (Å²) < 4.78 is 42.7. The zero-order valence-corrected chi connectivity index (χ0v) is 19.7. The van der Waals surface area contributed by atoms with E-state index < -0.39 is 28.5 Å². The number of anilines is 1. The molecule has 0 bridgehead atoms. The second-order valence-corrected chi connectivity index (χ2v) is 9.61. The van der Waals surface area contributed by atoms with Gasteiger partial charge >= 0.3 is 5.97 Å². The lowest BCUT2D eigenvalue weighted by Gasteiger charge is -2.26. The minimum atomic E-state index is -3.64. The van der Waals surface area contributed by atoms with Crippen molar-refractivity contribution in [2.75, 3.05) is 39.2 Å². The first-order valence-corrected chi connectivity index (χ1v) is 12.0. The standard InChI is InChI=1S/C23H28N2O7S/c1-16-7-8-20(33(28,29)25-9-5-4-6-10-25)14-21(16)24-22(26)15-32-23(27)17-11-18(30-2)13-19(12-17)31-3/h7-8,11-14H,4-6,9-10,15H2,1-3H3,(H,24,26). The molecule has 1 heterocycles. The van der Waals surface area contributed by atoms with Crippen LogP contribution in [0, 0.1) is 6.92 Å². The van der Waals surface area contributed by atoms with Crippen LogP contribution in [0.5, 0.6) is 11.5 Å². The third-order valence-electron chi connectivity index (χ3n) is 5.36. The number of carbonyl (C=O) groups excluding carboxylic acids is 2. The second kappa shape index (κ2) is 10.7. The van der Waals surface area contributed by atoms with Gasteiger partial charge in [0.1, 0.15) is 11.5 Å². The van der Waals surface area contributed by atoms with Crippen molar-refractivity contribution in [2.45, 2.75) is 31.1 Å². The molecule has 3 rings (SSSR count). The number of carbonyl (C=O) groups is 2. The highest BCUT2D eigenvalue weighted by atomic mass is 32.2. The van der Waals surface area contributed by atoms with E-state index in [1.807, 2.05) is 0 Å². The predicted octanol–water partition coefficient (Wildman–Crippen LogP) is 2.98. The van der Waals surface area contributed by atoms with Crippen LogP contribution >= 0.6 is 0 Å². The highest BCUT2D eigenvalue weighted by molar-refractivity contribution is 7.89. The Morgan fingerprint density at radius 1 is 0.970 bits per heavy atom. The summed E-state index contributed by atoms with van der Waals surface area (Å²) in [5.74, 6) is -0.490. The first-order chi connectivity index (χ1) is 15.7. The number of aryl methyl sites for hydroxylation is 1. The van der Waals surface area contributed by atoms with Crippen LogP contribution in [0.1, 0.15) is 35.2 Å². The summed E-state index contributed by atoms with van der Waals surface area (Å²) >= 11 is 0. The van der Waals surface area contributed by atoms with Crippen molar-refractivity contribution >= 4 is 27.6 Å². The maximum atomic E-state index is 12.9. The molecule has 0 spiro atoms. The number of nitrogens with zero attached hydrogens (tertiary/aromatic N) is 1. The number of rotatable bonds is 8. The zero-order valence-electron chi connectivity index (χ0n) is 18.9. The van der Waals surface area contributed by atoms with Crippen LogP contribution < -0.4 is 14.8 Å². The van der Waals surface area contributed by atoms with Crippen molar-refractivity contribution in [1.82, 2.24) is 4.31 Å². The van der Waals surface area contributed by atoms with E-state index in [1.165, 1.54) is 42.8 Å². The molecule has 1 aliphatic rings. The Bertz CT molecular complexity index is 1100. The van der Waals surface area contributed by atoms with Gasteiger partial charge in [0.15, 0.2) is 6.61 Å². The van der Waals surface area contributed by atoms with Crippen LogP contribution in [0.2, 0.25) is 0 Å². The third-order valence-corrected chi connectivity index (χ3v) is 7.25. The molecule has 1 fully saturated rings. The molecule has 9 nitrogen and oxygen atoms in total. The highest BCUT2D eigenvalue weighted by Gasteiger charge is 2.26. The molecular formula is C23H28N2O7S. The summed E-state index contributed by atoms with van der Waals surface area (Å²) in [6.45, 7) is 2.19. The van der Waals surface area contributed by atoms with E-state index in [2.05, 4.69) is 5.32 Å². The SMILES string of the molecule is COc1cc(OC)cc(C(=O)OCC(=O)Nc2cc(S(=O)(=O)N3CCCCC3)ccc2C)c1. The molecule has 1 saturated heterocycles. The smallest absolute Gasteiger partial charge is 0.338 e. The van der Waals surface area contributed by atoms with Crippen molar-refractivity contribution < 1.29 is 32.2 Å². The van der Waals surface area contributed by atoms with Gasteiger partial charge < -0.3 is 19.5 Å². The molecule has 0 aliphatic carbocycles. The van der Waals surface area contributed by atoms with E-state index in [0.717, 1.165) is 19.3 Å². The molecule has 33 heavy (non-hydrogen) atoms. The van der Waals surface area contributed by atoms with Crippen LogP contribution in [0.4, 0.5) is 5.69 Å². The number of hydrogen-bond donors (Lipinski definition) is 1. The van der Waals surface area contributed by atoms with Gasteiger partial charge in [-0.05, 0) is 49.6 Å². The summed E-state index contributed by atoms with van der Waals surface area (Å²) in [5, 5.41) is 2.63. The molecule has 0 unspecified atom stereocenters. The van der Waals surface area contributed by atoms with E-state index in [1.54, 1.807) is 19.1 Å². The van der Waals surface area contributed by atoms with E-state index in [-0.39, 0.29) is 10.5 Å². The summed E-state index contributed by atoms with van der Waals surface area (Å²) in [5.41, 5.74) is 1.20. The van der Waals surface area contributed by atoms with Gasteiger partial charge in [0.2, 0.25) is 10.0 Å². The fourth-order valence-corrected chi connectivity index (χ4v) is 5.02. The van der Waals surface area contributed by atoms with E-state index in [4.69, 9.17) is 14.2 Å². The Hall–Kier alpha value is -3.11. The molecule has 0 atom stereocenters. The molecule has 0 saturated carbocycles. The number of methoxy groups -OCH3 is 2. The minimum Gasteiger partial charge on any atom is -0.497 e. The fourth-order valence-electron chi connectivity index (χ4n) is 3.48. The van der Waals surface area contributed by atoms with Gasteiger partial charge in [-0.25, -0.2) is 13.2 Å². The molecule has 10 heteroatoms. The molecular weight excluding hydrogens is 448 g/mol. The number of benzene rings is 2. The van der Waals surface area contributed by atoms with Gasteiger partial charge in [-0.1, -0.05) is 12.5 Å². The van der Waals surface area contributed by atoms with Gasteiger partial charge in [-0.15, -0.1) is 0 Å². The highest BCUT2D eigenvalue weighted by Crippen LogP contribution is 2.26. The Morgan fingerprint density at radius 3 is 2.21 bits per heavy atom. The zero-order chi connectivity index (χ0) is 24.0. The lowest BCUT2D eigenvalue weighted by molar-refractivity contribution is -0.119. The van der Waals surface area contributed by atoms with Crippen molar-refractivity contribution in [3.63, 3.8) is 0 Å². The Kier molecular flexibility index (Phi) is 7.93. The van der Waals surface area contributed by atoms with Crippen molar-refractivity contribution in [3.8, 4) is 11.5 Å². The van der Waals surface area contributed by atoms with Gasteiger partial charge in [0, 0.05) is 24.8 Å². The van der Waals surface area contributed by atoms with Crippen LogP contribution in [0.3, 0.4) is 0 Å². The quantitative estimate of drug-likeness (QED) is 0.583. The molecule has 2 aromatic rings. The summed E-state index contributed by atoms with van der Waals surface area (Å²) in [7, 11) is -0.724. The predicted molar refractivity (Wildman–Crippen MR) is 122 cm³/mol. The van der Waals surface area contributed by atoms with Crippen LogP contribution in [-0.4, -0.2) is 58.5 Å². The summed E-state index contributed by atoms with van der Waals surface area (Å²) in [4.78, 5) is 24.9. The molecule has 0 radical (unpaired) electrons. The maximum absolute atomic E-state index is 12.9. The van der Waals surface area contributed by atoms with Gasteiger partial charge in [-0.2, -0.15) is 4.31 Å². The second-order valence-electron chi connectivity index (χ2n) is 7.67. The molecule has 1 amide bonds. The number of hydrogen-bond acceptors (Lipinski definition) is 7. The Morgan fingerprint density at radius 2 is 1.61 bits per heavy atom. The maximum Gasteiger partial charge on any atom is 0.338 e. The molecule has 0 aromatic heterocycles. The van der Waals surface area contributed by atoms with Crippen molar-refractivity contribution in [2.24, 2.45) is 0 Å². The third kappa shape index (κ3) is 6.02. The lowest BCUT2D eigenvalue weighted by Crippen LogP contribution is -2.35.